The summed E-state index contributed by atoms with van der Waals surface area (Å²) in [7, 11) is 1.71. The fourth-order valence-corrected chi connectivity index (χ4v) is 3.82. The minimum Gasteiger partial charge on any atom is -0.378 e. The van der Waals surface area contributed by atoms with Crippen LogP contribution in [0.3, 0.4) is 0 Å². The van der Waals surface area contributed by atoms with Crippen LogP contribution in [0.15, 0.2) is 0 Å². The summed E-state index contributed by atoms with van der Waals surface area (Å²) < 4.78 is 5.26. The first kappa shape index (κ1) is 15.9. The summed E-state index contributed by atoms with van der Waals surface area (Å²) in [6, 6.07) is 0. The Bertz CT molecular complexity index is 417. The smallest absolute Gasteiger partial charge is 0.107 e. The minimum atomic E-state index is -0.345. The zero-order valence-electron chi connectivity index (χ0n) is 12.9. The monoisotopic (exact) mass is 297 g/mol. The largest absolute Gasteiger partial charge is 0.378 e. The molecule has 0 spiro atoms. The third-order valence-corrected chi connectivity index (χ3v) is 5.09. The second kappa shape index (κ2) is 6.98. The first-order valence-corrected chi connectivity index (χ1v) is 8.31. The molecule has 1 aromatic rings. The van der Waals surface area contributed by atoms with Gasteiger partial charge in [0.05, 0.1) is 18.8 Å². The highest BCUT2D eigenvalue weighted by molar-refractivity contribution is 7.11. The molecule has 0 aromatic carbocycles. The number of aromatic nitrogens is 1. The van der Waals surface area contributed by atoms with Crippen LogP contribution in [0.25, 0.3) is 0 Å². The van der Waals surface area contributed by atoms with Crippen LogP contribution in [0, 0.1) is 0 Å². The van der Waals surface area contributed by atoms with Gasteiger partial charge in [-0.2, -0.15) is 0 Å². The Balaban J connectivity index is 2.11. The summed E-state index contributed by atoms with van der Waals surface area (Å²) in [6.07, 6.45) is 5.35. The highest BCUT2D eigenvalue weighted by Crippen LogP contribution is 2.29. The number of ether oxygens (including phenoxy) is 1. The lowest BCUT2D eigenvalue weighted by Gasteiger charge is -2.18. The molecule has 1 saturated heterocycles. The molecule has 1 aliphatic heterocycles. The van der Waals surface area contributed by atoms with Crippen molar-refractivity contribution in [3.05, 3.63) is 15.6 Å². The summed E-state index contributed by atoms with van der Waals surface area (Å²) >= 11 is 1.75. The second-order valence-electron chi connectivity index (χ2n) is 6.23. The molecule has 1 fully saturated rings. The van der Waals surface area contributed by atoms with Gasteiger partial charge < -0.3 is 10.5 Å². The van der Waals surface area contributed by atoms with Crippen LogP contribution < -0.4 is 5.73 Å². The summed E-state index contributed by atoms with van der Waals surface area (Å²) in [5, 5.41) is 1.17. The van der Waals surface area contributed by atoms with Crippen molar-refractivity contribution in [1.82, 2.24) is 9.88 Å². The van der Waals surface area contributed by atoms with Gasteiger partial charge in [0.1, 0.15) is 5.01 Å². The van der Waals surface area contributed by atoms with E-state index < -0.39 is 0 Å². The van der Waals surface area contributed by atoms with E-state index in [1.165, 1.54) is 43.8 Å². The maximum absolute atomic E-state index is 6.26. The van der Waals surface area contributed by atoms with Gasteiger partial charge in [0, 0.05) is 17.5 Å². The lowest BCUT2D eigenvalue weighted by molar-refractivity contribution is 0.180. The Morgan fingerprint density at radius 1 is 1.25 bits per heavy atom. The molecule has 5 heteroatoms. The fourth-order valence-electron chi connectivity index (χ4n) is 2.69. The summed E-state index contributed by atoms with van der Waals surface area (Å²) in [5.41, 5.74) is 6.93. The number of methoxy groups -OCH3 is 1. The predicted octanol–water partition coefficient (Wildman–Crippen LogP) is 2.86. The second-order valence-corrected chi connectivity index (χ2v) is 7.31. The third kappa shape index (κ3) is 4.25. The van der Waals surface area contributed by atoms with Crippen molar-refractivity contribution < 1.29 is 4.74 Å². The molecular weight excluding hydrogens is 270 g/mol. The highest BCUT2D eigenvalue weighted by Gasteiger charge is 2.24. The number of nitrogens with zero attached hydrogens (tertiary/aromatic N) is 2. The molecule has 20 heavy (non-hydrogen) atoms. The molecule has 2 heterocycles. The summed E-state index contributed by atoms with van der Waals surface area (Å²) in [4.78, 5) is 8.44. The standard InChI is InChI=1S/C15H27N3OS/c1-15(2,16)14-12(11-19-3)17-13(20-14)10-18-8-6-4-5-7-9-18/h4-11,16H2,1-3H3. The molecule has 0 bridgehead atoms. The van der Waals surface area contributed by atoms with E-state index >= 15 is 0 Å². The molecule has 0 unspecified atom stereocenters. The number of thiazole rings is 1. The van der Waals surface area contributed by atoms with E-state index in [9.17, 15) is 0 Å². The SMILES string of the molecule is COCc1nc(CN2CCCCCC2)sc1C(C)(C)N. The van der Waals surface area contributed by atoms with Crippen molar-refractivity contribution in [2.24, 2.45) is 5.73 Å². The van der Waals surface area contributed by atoms with Gasteiger partial charge in [-0.25, -0.2) is 4.98 Å². The van der Waals surface area contributed by atoms with Crippen molar-refractivity contribution in [1.29, 1.82) is 0 Å². The molecule has 0 amide bonds. The zero-order chi connectivity index (χ0) is 14.6. The number of hydrogen-bond acceptors (Lipinski definition) is 5. The van der Waals surface area contributed by atoms with Gasteiger partial charge >= 0.3 is 0 Å². The van der Waals surface area contributed by atoms with E-state index in [4.69, 9.17) is 15.5 Å². The zero-order valence-corrected chi connectivity index (χ0v) is 13.8. The van der Waals surface area contributed by atoms with E-state index in [2.05, 4.69) is 4.90 Å². The van der Waals surface area contributed by atoms with Crippen molar-refractivity contribution in [2.75, 3.05) is 20.2 Å². The third-order valence-electron chi connectivity index (χ3n) is 3.67. The van der Waals surface area contributed by atoms with Gasteiger partial charge in [0.15, 0.2) is 0 Å². The van der Waals surface area contributed by atoms with Crippen molar-refractivity contribution in [2.45, 2.75) is 58.2 Å². The molecule has 1 aromatic heterocycles. The molecule has 2 rings (SSSR count). The Morgan fingerprint density at radius 2 is 1.90 bits per heavy atom. The average molecular weight is 297 g/mol. The molecule has 0 radical (unpaired) electrons. The van der Waals surface area contributed by atoms with Gasteiger partial charge in [0.2, 0.25) is 0 Å². The van der Waals surface area contributed by atoms with Gasteiger partial charge in [0.25, 0.3) is 0 Å². The lowest BCUT2D eigenvalue weighted by Crippen LogP contribution is -2.28. The van der Waals surface area contributed by atoms with Crippen LogP contribution in [0.2, 0.25) is 0 Å². The highest BCUT2D eigenvalue weighted by atomic mass is 32.1. The molecule has 0 atom stereocenters. The van der Waals surface area contributed by atoms with Crippen molar-refractivity contribution >= 4 is 11.3 Å². The minimum absolute atomic E-state index is 0.345. The average Bonchev–Trinajstić information content (AvgIpc) is 2.59. The maximum Gasteiger partial charge on any atom is 0.107 e. The van der Waals surface area contributed by atoms with E-state index in [-0.39, 0.29) is 5.54 Å². The predicted molar refractivity (Wildman–Crippen MR) is 83.8 cm³/mol. The van der Waals surface area contributed by atoms with Crippen LogP contribution in [0.4, 0.5) is 0 Å². The summed E-state index contributed by atoms with van der Waals surface area (Å²) in [6.45, 7) is 7.97. The Hall–Kier alpha value is -0.490. The lowest BCUT2D eigenvalue weighted by atomic mass is 10.0. The number of hydrogen-bond donors (Lipinski definition) is 1. The van der Waals surface area contributed by atoms with Gasteiger partial charge in [-0.1, -0.05) is 12.8 Å². The Kier molecular flexibility index (Phi) is 5.55. The molecule has 0 aliphatic carbocycles. The van der Waals surface area contributed by atoms with Crippen molar-refractivity contribution in [3.63, 3.8) is 0 Å². The first-order chi connectivity index (χ1) is 9.50. The molecule has 1 aliphatic rings. The number of nitrogens with two attached hydrogens (primary N) is 1. The molecule has 2 N–H and O–H groups in total. The van der Waals surface area contributed by atoms with Gasteiger partial charge in [-0.3, -0.25) is 4.90 Å². The summed E-state index contributed by atoms with van der Waals surface area (Å²) in [5.74, 6) is 0. The molecule has 114 valence electrons. The fraction of sp³-hybridized carbons (Fsp3) is 0.800. The van der Waals surface area contributed by atoms with Crippen LogP contribution >= 0.6 is 11.3 Å². The molecule has 4 nitrogen and oxygen atoms in total. The van der Waals surface area contributed by atoms with Crippen molar-refractivity contribution in [3.8, 4) is 0 Å². The van der Waals surface area contributed by atoms with Crippen LogP contribution in [-0.4, -0.2) is 30.1 Å². The molecular formula is C15H27N3OS. The van der Waals surface area contributed by atoms with E-state index in [1.807, 2.05) is 13.8 Å². The Morgan fingerprint density at radius 3 is 2.45 bits per heavy atom. The number of rotatable bonds is 5. The first-order valence-electron chi connectivity index (χ1n) is 7.50. The number of likely N-dealkylation sites (tertiary alicyclic amines) is 1. The van der Waals surface area contributed by atoms with Gasteiger partial charge in [-0.15, -0.1) is 11.3 Å². The van der Waals surface area contributed by atoms with E-state index in [1.54, 1.807) is 18.4 Å². The molecule has 0 saturated carbocycles. The van der Waals surface area contributed by atoms with E-state index in [0.29, 0.717) is 6.61 Å². The van der Waals surface area contributed by atoms with Crippen LogP contribution in [0.5, 0.6) is 0 Å². The van der Waals surface area contributed by atoms with Crippen LogP contribution in [0.1, 0.15) is 55.1 Å². The topological polar surface area (TPSA) is 51.4 Å². The maximum atomic E-state index is 6.26. The normalized spacial score (nSPS) is 18.2. The Labute approximate surface area is 126 Å². The van der Waals surface area contributed by atoms with Crippen LogP contribution in [-0.2, 0) is 23.4 Å². The van der Waals surface area contributed by atoms with Gasteiger partial charge in [-0.05, 0) is 39.8 Å². The van der Waals surface area contributed by atoms with E-state index in [0.717, 1.165) is 17.1 Å². The quantitative estimate of drug-likeness (QED) is 0.908.